The van der Waals surface area contributed by atoms with Crippen LogP contribution in [0.4, 0.5) is 5.69 Å². The summed E-state index contributed by atoms with van der Waals surface area (Å²) in [6.07, 6.45) is 0. The number of ether oxygens (including phenoxy) is 2. The molecule has 2 aromatic carbocycles. The Bertz CT molecular complexity index is 708. The Labute approximate surface area is 137 Å². The summed E-state index contributed by atoms with van der Waals surface area (Å²) < 4.78 is 10.5. The maximum atomic E-state index is 12.3. The SMILES string of the molecule is CC(Sc1ccccc1Cl)C(=O)Nc1ccc2c(c1)OCO2. The van der Waals surface area contributed by atoms with Gasteiger partial charge in [-0.05, 0) is 31.2 Å². The van der Waals surface area contributed by atoms with Crippen LogP contribution >= 0.6 is 23.4 Å². The van der Waals surface area contributed by atoms with Crippen LogP contribution in [0, 0.1) is 0 Å². The fourth-order valence-corrected chi connectivity index (χ4v) is 3.16. The van der Waals surface area contributed by atoms with Crippen LogP contribution in [0.3, 0.4) is 0 Å². The minimum absolute atomic E-state index is 0.0937. The zero-order valence-corrected chi connectivity index (χ0v) is 13.4. The van der Waals surface area contributed by atoms with Gasteiger partial charge in [-0.2, -0.15) is 0 Å². The third-order valence-electron chi connectivity index (χ3n) is 3.15. The van der Waals surface area contributed by atoms with Crippen molar-refractivity contribution in [1.29, 1.82) is 0 Å². The van der Waals surface area contributed by atoms with Crippen LogP contribution in [0.2, 0.25) is 5.02 Å². The smallest absolute Gasteiger partial charge is 0.237 e. The van der Waals surface area contributed by atoms with E-state index in [1.807, 2.05) is 31.2 Å². The summed E-state index contributed by atoms with van der Waals surface area (Å²) in [6.45, 7) is 2.06. The molecule has 114 valence electrons. The van der Waals surface area contributed by atoms with Crippen LogP contribution in [0.1, 0.15) is 6.92 Å². The Morgan fingerprint density at radius 3 is 2.82 bits per heavy atom. The summed E-state index contributed by atoms with van der Waals surface area (Å²) in [7, 11) is 0. The zero-order chi connectivity index (χ0) is 15.5. The highest BCUT2D eigenvalue weighted by Crippen LogP contribution is 2.35. The van der Waals surface area contributed by atoms with Gasteiger partial charge in [0.25, 0.3) is 0 Å². The van der Waals surface area contributed by atoms with Crippen molar-refractivity contribution in [2.45, 2.75) is 17.1 Å². The van der Waals surface area contributed by atoms with Crippen LogP contribution in [0.15, 0.2) is 47.4 Å². The number of halogens is 1. The van der Waals surface area contributed by atoms with Crippen LogP contribution in [0.25, 0.3) is 0 Å². The van der Waals surface area contributed by atoms with E-state index in [2.05, 4.69) is 5.32 Å². The van der Waals surface area contributed by atoms with Crippen molar-refractivity contribution in [3.05, 3.63) is 47.5 Å². The molecule has 0 aromatic heterocycles. The van der Waals surface area contributed by atoms with Crippen molar-refractivity contribution in [2.75, 3.05) is 12.1 Å². The number of carbonyl (C=O) groups excluding carboxylic acids is 1. The lowest BCUT2D eigenvalue weighted by atomic mass is 10.2. The van der Waals surface area contributed by atoms with Gasteiger partial charge in [-0.25, -0.2) is 0 Å². The Hall–Kier alpha value is -1.85. The predicted molar refractivity (Wildman–Crippen MR) is 88.0 cm³/mol. The first-order valence-corrected chi connectivity index (χ1v) is 8.01. The summed E-state index contributed by atoms with van der Waals surface area (Å²) >= 11 is 7.54. The van der Waals surface area contributed by atoms with Gasteiger partial charge in [-0.1, -0.05) is 23.7 Å². The molecule has 4 nitrogen and oxygen atoms in total. The summed E-state index contributed by atoms with van der Waals surface area (Å²) in [4.78, 5) is 13.2. The summed E-state index contributed by atoms with van der Waals surface area (Å²) in [5, 5.41) is 3.25. The van der Waals surface area contributed by atoms with E-state index in [9.17, 15) is 4.79 Å². The summed E-state index contributed by atoms with van der Waals surface area (Å²) in [5.74, 6) is 1.24. The molecular formula is C16H14ClNO3S. The lowest BCUT2D eigenvalue weighted by Crippen LogP contribution is -2.22. The van der Waals surface area contributed by atoms with E-state index in [0.29, 0.717) is 22.2 Å². The molecule has 1 unspecified atom stereocenters. The molecule has 6 heteroatoms. The second kappa shape index (κ2) is 6.50. The third-order valence-corrected chi connectivity index (χ3v) is 4.77. The van der Waals surface area contributed by atoms with Crippen LogP contribution in [0.5, 0.6) is 11.5 Å². The Kier molecular flexibility index (Phi) is 4.45. The highest BCUT2D eigenvalue weighted by atomic mass is 35.5. The molecule has 2 aromatic rings. The van der Waals surface area contributed by atoms with E-state index < -0.39 is 0 Å². The average Bonchev–Trinajstić information content (AvgIpc) is 2.97. The number of benzene rings is 2. The number of hydrogen-bond acceptors (Lipinski definition) is 4. The topological polar surface area (TPSA) is 47.6 Å². The molecule has 0 saturated heterocycles. The fourth-order valence-electron chi connectivity index (χ4n) is 2.00. The summed E-state index contributed by atoms with van der Waals surface area (Å²) in [5.41, 5.74) is 0.681. The maximum absolute atomic E-state index is 12.3. The molecule has 0 radical (unpaired) electrons. The van der Waals surface area contributed by atoms with Crippen molar-refractivity contribution in [3.63, 3.8) is 0 Å². The first-order valence-electron chi connectivity index (χ1n) is 6.75. The molecule has 0 bridgehead atoms. The molecule has 1 aliphatic rings. The third kappa shape index (κ3) is 3.31. The van der Waals surface area contributed by atoms with Crippen molar-refractivity contribution in [3.8, 4) is 11.5 Å². The minimum atomic E-state index is -0.273. The Morgan fingerprint density at radius 1 is 1.23 bits per heavy atom. The van der Waals surface area contributed by atoms with E-state index in [4.69, 9.17) is 21.1 Å². The van der Waals surface area contributed by atoms with Gasteiger partial charge in [-0.3, -0.25) is 4.79 Å². The second-order valence-corrected chi connectivity index (χ2v) is 6.54. The van der Waals surface area contributed by atoms with Gasteiger partial charge < -0.3 is 14.8 Å². The molecule has 1 aliphatic heterocycles. The number of anilines is 1. The lowest BCUT2D eigenvalue weighted by Gasteiger charge is -2.13. The molecule has 0 aliphatic carbocycles. The van der Waals surface area contributed by atoms with Crippen molar-refractivity contribution < 1.29 is 14.3 Å². The van der Waals surface area contributed by atoms with Crippen LogP contribution in [-0.4, -0.2) is 18.0 Å². The molecular weight excluding hydrogens is 322 g/mol. The number of rotatable bonds is 4. The quantitative estimate of drug-likeness (QED) is 0.851. The standard InChI is InChI=1S/C16H14ClNO3S/c1-10(22-15-5-3-2-4-12(15)17)16(19)18-11-6-7-13-14(8-11)21-9-20-13/h2-8,10H,9H2,1H3,(H,18,19). The van der Waals surface area contributed by atoms with Gasteiger partial charge in [0.15, 0.2) is 11.5 Å². The molecule has 1 N–H and O–H groups in total. The molecule has 0 fully saturated rings. The van der Waals surface area contributed by atoms with Crippen LogP contribution < -0.4 is 14.8 Å². The van der Waals surface area contributed by atoms with E-state index in [-0.39, 0.29) is 18.0 Å². The molecule has 0 saturated carbocycles. The van der Waals surface area contributed by atoms with E-state index in [1.54, 1.807) is 18.2 Å². The largest absolute Gasteiger partial charge is 0.454 e. The monoisotopic (exact) mass is 335 g/mol. The average molecular weight is 336 g/mol. The Balaban J connectivity index is 1.65. The van der Waals surface area contributed by atoms with E-state index >= 15 is 0 Å². The first-order chi connectivity index (χ1) is 10.6. The minimum Gasteiger partial charge on any atom is -0.454 e. The number of thioether (sulfide) groups is 1. The van der Waals surface area contributed by atoms with Gasteiger partial charge in [0.1, 0.15) is 0 Å². The Morgan fingerprint density at radius 2 is 2.00 bits per heavy atom. The maximum Gasteiger partial charge on any atom is 0.237 e. The van der Waals surface area contributed by atoms with Gasteiger partial charge in [-0.15, -0.1) is 11.8 Å². The molecule has 22 heavy (non-hydrogen) atoms. The van der Waals surface area contributed by atoms with Gasteiger partial charge in [0, 0.05) is 16.6 Å². The first kappa shape index (κ1) is 15.1. The number of fused-ring (bicyclic) bond motifs is 1. The van der Waals surface area contributed by atoms with Gasteiger partial charge in [0.2, 0.25) is 12.7 Å². The number of amides is 1. The molecule has 0 spiro atoms. The number of nitrogens with one attached hydrogen (secondary N) is 1. The molecule has 1 atom stereocenters. The van der Waals surface area contributed by atoms with Crippen molar-refractivity contribution >= 4 is 35.0 Å². The molecule has 1 heterocycles. The normalized spacial score (nSPS) is 13.7. The van der Waals surface area contributed by atoms with Crippen molar-refractivity contribution in [1.82, 2.24) is 0 Å². The van der Waals surface area contributed by atoms with Gasteiger partial charge >= 0.3 is 0 Å². The van der Waals surface area contributed by atoms with E-state index in [0.717, 1.165) is 4.90 Å². The van der Waals surface area contributed by atoms with Crippen LogP contribution in [-0.2, 0) is 4.79 Å². The second-order valence-electron chi connectivity index (χ2n) is 4.75. The highest BCUT2D eigenvalue weighted by molar-refractivity contribution is 8.00. The predicted octanol–water partition coefficient (Wildman–Crippen LogP) is 4.19. The lowest BCUT2D eigenvalue weighted by molar-refractivity contribution is -0.115. The molecule has 1 amide bonds. The highest BCUT2D eigenvalue weighted by Gasteiger charge is 2.18. The molecule has 3 rings (SSSR count). The van der Waals surface area contributed by atoms with E-state index in [1.165, 1.54) is 11.8 Å². The zero-order valence-electron chi connectivity index (χ0n) is 11.8. The number of carbonyl (C=O) groups is 1. The fraction of sp³-hybridized carbons (Fsp3) is 0.188. The number of hydrogen-bond donors (Lipinski definition) is 1. The van der Waals surface area contributed by atoms with Crippen molar-refractivity contribution in [2.24, 2.45) is 0 Å². The summed E-state index contributed by atoms with van der Waals surface area (Å²) in [6, 6.07) is 12.8. The van der Waals surface area contributed by atoms with Gasteiger partial charge in [0.05, 0.1) is 10.3 Å².